The van der Waals surface area contributed by atoms with Gasteiger partial charge in [-0.2, -0.15) is 0 Å². The van der Waals surface area contributed by atoms with Crippen LogP contribution in [0.1, 0.15) is 72.1 Å². The van der Waals surface area contributed by atoms with Crippen LogP contribution in [0.3, 0.4) is 0 Å². The summed E-state index contributed by atoms with van der Waals surface area (Å²) >= 11 is 1.78. The molecule has 1 unspecified atom stereocenters. The van der Waals surface area contributed by atoms with E-state index in [1.807, 2.05) is 4.90 Å². The minimum atomic E-state index is -0.0668. The number of carbonyl (C=O) groups is 1. The molecule has 1 amide bonds. The molecule has 1 aliphatic carbocycles. The van der Waals surface area contributed by atoms with E-state index in [0.29, 0.717) is 12.4 Å². The summed E-state index contributed by atoms with van der Waals surface area (Å²) in [7, 11) is 0. The van der Waals surface area contributed by atoms with E-state index in [1.165, 1.54) is 10.4 Å². The molecule has 4 heterocycles. The number of likely N-dealkylation sites (tertiary alicyclic amines) is 1. The number of nitrogens with one attached hydrogen (secondary N) is 1. The Labute approximate surface area is 181 Å². The lowest BCUT2D eigenvalue weighted by Gasteiger charge is -2.30. The van der Waals surface area contributed by atoms with Gasteiger partial charge >= 0.3 is 0 Å². The monoisotopic (exact) mass is 426 g/mol. The van der Waals surface area contributed by atoms with Crippen molar-refractivity contribution < 1.29 is 4.79 Å². The summed E-state index contributed by atoms with van der Waals surface area (Å²) in [6.45, 7) is 5.37. The van der Waals surface area contributed by atoms with Gasteiger partial charge in [0.05, 0.1) is 17.3 Å². The van der Waals surface area contributed by atoms with Crippen LogP contribution in [0.15, 0.2) is 16.2 Å². The maximum Gasteiger partial charge on any atom is 0.255 e. The largest absolute Gasteiger partial charge is 0.332 e. The molecule has 2 aromatic rings. The molecule has 2 aromatic heterocycles. The lowest BCUT2D eigenvalue weighted by Crippen LogP contribution is -2.39. The summed E-state index contributed by atoms with van der Waals surface area (Å²) in [5.41, 5.74) is 3.02. The number of nitrogens with zero attached hydrogens (tertiary/aromatic N) is 3. The van der Waals surface area contributed by atoms with Gasteiger partial charge in [0, 0.05) is 43.4 Å². The molecule has 0 aromatic carbocycles. The summed E-state index contributed by atoms with van der Waals surface area (Å²) in [5, 5.41) is 2.13. The van der Waals surface area contributed by atoms with E-state index in [1.54, 1.807) is 11.3 Å². The molecule has 7 heteroatoms. The zero-order valence-electron chi connectivity index (χ0n) is 17.7. The predicted molar refractivity (Wildman–Crippen MR) is 117 cm³/mol. The Balaban J connectivity index is 1.35. The summed E-state index contributed by atoms with van der Waals surface area (Å²) < 4.78 is 0. The smallest absolute Gasteiger partial charge is 0.255 e. The Kier molecular flexibility index (Phi) is 5.50. The number of H-pyrrole nitrogens is 1. The van der Waals surface area contributed by atoms with E-state index < -0.39 is 0 Å². The highest BCUT2D eigenvalue weighted by Crippen LogP contribution is 2.35. The zero-order chi connectivity index (χ0) is 20.7. The number of aromatic nitrogens is 2. The van der Waals surface area contributed by atoms with Crippen LogP contribution in [0.2, 0.25) is 0 Å². The van der Waals surface area contributed by atoms with Crippen molar-refractivity contribution in [1.82, 2.24) is 19.8 Å². The number of amides is 1. The standard InChI is InChI=1S/C23H30N4O2S/c1-15-9-12-30-20(15)14-26-11-8-18-17(13-26)22(28)25-21(24-18)19-7-4-10-27(19)23(29)16-5-2-3-6-16/h9,12,16,19H,2-8,10-11,13-14H2,1H3,(H,24,25,28). The van der Waals surface area contributed by atoms with Crippen LogP contribution in [-0.4, -0.2) is 38.8 Å². The second kappa shape index (κ2) is 8.27. The van der Waals surface area contributed by atoms with Gasteiger partial charge in [0.2, 0.25) is 5.91 Å². The third-order valence-corrected chi connectivity index (χ3v) is 8.07. The average Bonchev–Trinajstić information content (AvgIpc) is 3.50. The molecule has 0 bridgehead atoms. The van der Waals surface area contributed by atoms with Crippen molar-refractivity contribution in [2.24, 2.45) is 5.92 Å². The van der Waals surface area contributed by atoms with E-state index in [2.05, 4.69) is 28.3 Å². The molecule has 6 nitrogen and oxygen atoms in total. The second-order valence-electron chi connectivity index (χ2n) is 9.03. The van der Waals surface area contributed by atoms with Gasteiger partial charge in [-0.1, -0.05) is 12.8 Å². The van der Waals surface area contributed by atoms with Crippen molar-refractivity contribution in [3.05, 3.63) is 49.3 Å². The molecule has 5 rings (SSSR count). The molecular formula is C23H30N4O2S. The first-order valence-corrected chi connectivity index (χ1v) is 12.2. The Bertz CT molecular complexity index is 991. The molecule has 1 N–H and O–H groups in total. The first kappa shape index (κ1) is 19.9. The number of aryl methyl sites for hydroxylation is 1. The van der Waals surface area contributed by atoms with E-state index in [-0.39, 0.29) is 23.4 Å². The zero-order valence-corrected chi connectivity index (χ0v) is 18.5. The molecule has 1 saturated heterocycles. The maximum absolute atomic E-state index is 13.0. The first-order valence-electron chi connectivity index (χ1n) is 11.3. The fourth-order valence-electron chi connectivity index (χ4n) is 5.28. The van der Waals surface area contributed by atoms with Gasteiger partial charge < -0.3 is 9.88 Å². The minimum Gasteiger partial charge on any atom is -0.332 e. The third-order valence-electron chi connectivity index (χ3n) is 7.06. The fraction of sp³-hybridized carbons (Fsp3) is 0.609. The van der Waals surface area contributed by atoms with Crippen molar-refractivity contribution in [3.8, 4) is 0 Å². The quantitative estimate of drug-likeness (QED) is 0.812. The van der Waals surface area contributed by atoms with Crippen molar-refractivity contribution >= 4 is 17.2 Å². The minimum absolute atomic E-state index is 0.0252. The van der Waals surface area contributed by atoms with Gasteiger partial charge in [0.15, 0.2) is 0 Å². The molecule has 2 aliphatic heterocycles. The van der Waals surface area contributed by atoms with Crippen LogP contribution in [-0.2, 0) is 24.3 Å². The SMILES string of the molecule is Cc1ccsc1CN1CCc2nc(C3CCCN3C(=O)C3CCCC3)[nH]c(=O)c2C1. The normalized spacial score (nSPS) is 22.6. The van der Waals surface area contributed by atoms with Crippen LogP contribution in [0.5, 0.6) is 0 Å². The predicted octanol–water partition coefficient (Wildman–Crippen LogP) is 3.55. The maximum atomic E-state index is 13.0. The summed E-state index contributed by atoms with van der Waals surface area (Å²) in [6, 6.07) is 2.08. The van der Waals surface area contributed by atoms with Crippen LogP contribution < -0.4 is 5.56 Å². The molecule has 30 heavy (non-hydrogen) atoms. The number of aromatic amines is 1. The Morgan fingerprint density at radius 1 is 1.23 bits per heavy atom. The molecule has 3 aliphatic rings. The molecule has 1 saturated carbocycles. The van der Waals surface area contributed by atoms with Crippen LogP contribution in [0, 0.1) is 12.8 Å². The van der Waals surface area contributed by atoms with Gasteiger partial charge in [-0.25, -0.2) is 4.98 Å². The molecule has 0 spiro atoms. The van der Waals surface area contributed by atoms with Gasteiger partial charge in [-0.05, 0) is 49.6 Å². The van der Waals surface area contributed by atoms with Crippen molar-refractivity contribution in [2.75, 3.05) is 13.1 Å². The molecule has 1 atom stereocenters. The number of hydrogen-bond acceptors (Lipinski definition) is 5. The van der Waals surface area contributed by atoms with E-state index >= 15 is 0 Å². The van der Waals surface area contributed by atoms with Gasteiger partial charge in [0.25, 0.3) is 5.56 Å². The molecular weight excluding hydrogens is 396 g/mol. The number of thiophene rings is 1. The third kappa shape index (κ3) is 3.73. The van der Waals surface area contributed by atoms with Crippen molar-refractivity contribution in [2.45, 2.75) is 71.0 Å². The van der Waals surface area contributed by atoms with Gasteiger partial charge in [-0.3, -0.25) is 14.5 Å². The highest BCUT2D eigenvalue weighted by atomic mass is 32.1. The molecule has 0 radical (unpaired) electrons. The van der Waals surface area contributed by atoms with Crippen LogP contribution >= 0.6 is 11.3 Å². The average molecular weight is 427 g/mol. The molecule has 160 valence electrons. The summed E-state index contributed by atoms with van der Waals surface area (Å²) in [6.07, 6.45) is 7.00. The van der Waals surface area contributed by atoms with E-state index in [4.69, 9.17) is 4.98 Å². The molecule has 2 fully saturated rings. The van der Waals surface area contributed by atoms with Crippen molar-refractivity contribution in [1.29, 1.82) is 0 Å². The van der Waals surface area contributed by atoms with Crippen LogP contribution in [0.4, 0.5) is 0 Å². The van der Waals surface area contributed by atoms with E-state index in [0.717, 1.165) is 75.8 Å². The number of carbonyl (C=O) groups excluding carboxylic acids is 1. The summed E-state index contributed by atoms with van der Waals surface area (Å²) in [5.74, 6) is 1.14. The summed E-state index contributed by atoms with van der Waals surface area (Å²) in [4.78, 5) is 39.6. The first-order chi connectivity index (χ1) is 14.6. The van der Waals surface area contributed by atoms with Crippen molar-refractivity contribution in [3.63, 3.8) is 0 Å². The Morgan fingerprint density at radius 3 is 2.83 bits per heavy atom. The number of rotatable bonds is 4. The van der Waals surface area contributed by atoms with E-state index in [9.17, 15) is 9.59 Å². The van der Waals surface area contributed by atoms with Gasteiger partial charge in [-0.15, -0.1) is 11.3 Å². The Morgan fingerprint density at radius 2 is 2.07 bits per heavy atom. The fourth-order valence-corrected chi connectivity index (χ4v) is 6.23. The number of hydrogen-bond donors (Lipinski definition) is 1. The second-order valence-corrected chi connectivity index (χ2v) is 10.0. The lowest BCUT2D eigenvalue weighted by atomic mass is 10.0. The lowest BCUT2D eigenvalue weighted by molar-refractivity contribution is -0.136. The highest BCUT2D eigenvalue weighted by molar-refractivity contribution is 7.10. The van der Waals surface area contributed by atoms with Gasteiger partial charge in [0.1, 0.15) is 5.82 Å². The van der Waals surface area contributed by atoms with Crippen LogP contribution in [0.25, 0.3) is 0 Å². The topological polar surface area (TPSA) is 69.3 Å². The number of fused-ring (bicyclic) bond motifs is 1. The Hall–Kier alpha value is -1.99. The highest BCUT2D eigenvalue weighted by Gasteiger charge is 2.36.